The number of amides is 1. The van der Waals surface area contributed by atoms with Crippen molar-refractivity contribution < 1.29 is 9.21 Å². The van der Waals surface area contributed by atoms with E-state index in [1.807, 2.05) is 30.0 Å². The molecule has 0 spiro atoms. The molecule has 0 radical (unpaired) electrons. The van der Waals surface area contributed by atoms with Gasteiger partial charge in [0.05, 0.1) is 5.92 Å². The number of aryl methyl sites for hydroxylation is 1. The standard InChI is InChI=1S/C17H23N5O2/c1-11-14(16-20-19-12(2)24-16)6-5-9-22(11)17(23)13-7-8-18-15(10-13)21(3)4/h7-8,10-11,14H,5-6,9H2,1-4H3/t11-,14-/m0/s1. The van der Waals surface area contributed by atoms with Gasteiger partial charge in [-0.05, 0) is 31.9 Å². The van der Waals surface area contributed by atoms with Gasteiger partial charge < -0.3 is 14.2 Å². The summed E-state index contributed by atoms with van der Waals surface area (Å²) in [7, 11) is 3.82. The molecule has 3 heterocycles. The minimum atomic E-state index is 0.0158. The quantitative estimate of drug-likeness (QED) is 0.860. The van der Waals surface area contributed by atoms with Crippen molar-refractivity contribution in [2.24, 2.45) is 0 Å². The molecule has 1 saturated heterocycles. The van der Waals surface area contributed by atoms with E-state index >= 15 is 0 Å². The highest BCUT2D eigenvalue weighted by Crippen LogP contribution is 2.32. The molecule has 128 valence electrons. The van der Waals surface area contributed by atoms with Gasteiger partial charge in [-0.25, -0.2) is 4.98 Å². The van der Waals surface area contributed by atoms with Crippen molar-refractivity contribution in [3.63, 3.8) is 0 Å². The fourth-order valence-electron chi connectivity index (χ4n) is 3.18. The van der Waals surface area contributed by atoms with E-state index in [9.17, 15) is 4.79 Å². The second kappa shape index (κ2) is 6.59. The fourth-order valence-corrected chi connectivity index (χ4v) is 3.18. The van der Waals surface area contributed by atoms with Gasteiger partial charge in [0, 0.05) is 45.4 Å². The molecule has 7 heteroatoms. The number of hydrogen-bond donors (Lipinski definition) is 0. The number of rotatable bonds is 3. The van der Waals surface area contributed by atoms with Crippen molar-refractivity contribution in [3.05, 3.63) is 35.7 Å². The number of likely N-dealkylation sites (tertiary alicyclic amines) is 1. The lowest BCUT2D eigenvalue weighted by atomic mass is 9.89. The monoisotopic (exact) mass is 329 g/mol. The van der Waals surface area contributed by atoms with Crippen molar-refractivity contribution in [1.29, 1.82) is 0 Å². The van der Waals surface area contributed by atoms with Gasteiger partial charge in [-0.3, -0.25) is 4.79 Å². The number of nitrogens with zero attached hydrogens (tertiary/aromatic N) is 5. The lowest BCUT2D eigenvalue weighted by Crippen LogP contribution is -2.46. The Morgan fingerprint density at radius 3 is 2.83 bits per heavy atom. The average molecular weight is 329 g/mol. The van der Waals surface area contributed by atoms with Crippen LogP contribution in [0.1, 0.15) is 47.8 Å². The number of hydrogen-bond acceptors (Lipinski definition) is 6. The summed E-state index contributed by atoms with van der Waals surface area (Å²) in [5.74, 6) is 2.06. The van der Waals surface area contributed by atoms with E-state index in [1.165, 1.54) is 0 Å². The van der Waals surface area contributed by atoms with Gasteiger partial charge >= 0.3 is 0 Å². The Hall–Kier alpha value is -2.44. The molecule has 7 nitrogen and oxygen atoms in total. The molecule has 0 bridgehead atoms. The third-order valence-electron chi connectivity index (χ3n) is 4.56. The Kier molecular flexibility index (Phi) is 4.51. The minimum absolute atomic E-state index is 0.0158. The summed E-state index contributed by atoms with van der Waals surface area (Å²) in [4.78, 5) is 21.0. The largest absolute Gasteiger partial charge is 0.425 e. The molecule has 0 unspecified atom stereocenters. The Bertz CT molecular complexity index is 727. The summed E-state index contributed by atoms with van der Waals surface area (Å²) >= 11 is 0. The molecule has 2 atom stereocenters. The van der Waals surface area contributed by atoms with Gasteiger partial charge in [0.15, 0.2) is 0 Å². The van der Waals surface area contributed by atoms with Crippen molar-refractivity contribution in [1.82, 2.24) is 20.1 Å². The van der Waals surface area contributed by atoms with Crippen molar-refractivity contribution in [3.8, 4) is 0 Å². The highest BCUT2D eigenvalue weighted by atomic mass is 16.4. The summed E-state index contributed by atoms with van der Waals surface area (Å²) in [6, 6.07) is 3.61. The predicted octanol–water partition coefficient (Wildman–Crippen LogP) is 2.25. The molecule has 0 N–H and O–H groups in total. The zero-order chi connectivity index (χ0) is 17.3. The van der Waals surface area contributed by atoms with E-state index < -0.39 is 0 Å². The summed E-state index contributed by atoms with van der Waals surface area (Å²) in [5.41, 5.74) is 0.655. The first-order valence-electron chi connectivity index (χ1n) is 8.21. The molecule has 1 aliphatic heterocycles. The third-order valence-corrected chi connectivity index (χ3v) is 4.56. The van der Waals surface area contributed by atoms with Crippen molar-refractivity contribution >= 4 is 11.7 Å². The van der Waals surface area contributed by atoms with Gasteiger partial charge in [-0.2, -0.15) is 0 Å². The van der Waals surface area contributed by atoms with Gasteiger partial charge in [0.25, 0.3) is 5.91 Å². The smallest absolute Gasteiger partial charge is 0.254 e. The van der Waals surface area contributed by atoms with Crippen LogP contribution in [-0.4, -0.2) is 52.7 Å². The topological polar surface area (TPSA) is 75.4 Å². The zero-order valence-corrected chi connectivity index (χ0v) is 14.6. The number of carbonyl (C=O) groups excluding carboxylic acids is 1. The minimum Gasteiger partial charge on any atom is -0.425 e. The van der Waals surface area contributed by atoms with Crippen LogP contribution in [0.15, 0.2) is 22.7 Å². The second-order valence-electron chi connectivity index (χ2n) is 6.44. The summed E-state index contributed by atoms with van der Waals surface area (Å²) in [6.45, 7) is 4.57. The molecule has 24 heavy (non-hydrogen) atoms. The summed E-state index contributed by atoms with van der Waals surface area (Å²) in [5, 5.41) is 8.07. The zero-order valence-electron chi connectivity index (χ0n) is 14.6. The second-order valence-corrected chi connectivity index (χ2v) is 6.44. The van der Waals surface area contributed by atoms with Crippen LogP contribution in [0.4, 0.5) is 5.82 Å². The van der Waals surface area contributed by atoms with Crippen LogP contribution in [0.25, 0.3) is 0 Å². The average Bonchev–Trinajstić information content (AvgIpc) is 3.01. The molecule has 2 aromatic heterocycles. The lowest BCUT2D eigenvalue weighted by Gasteiger charge is -2.38. The molecule has 0 aliphatic carbocycles. The molecule has 1 amide bonds. The number of pyridine rings is 1. The fraction of sp³-hybridized carbons (Fsp3) is 0.529. The van der Waals surface area contributed by atoms with Crippen molar-refractivity contribution in [2.45, 2.75) is 38.6 Å². The first kappa shape index (κ1) is 16.4. The molecular formula is C17H23N5O2. The van der Waals surface area contributed by atoms with Gasteiger partial charge in [0.2, 0.25) is 11.8 Å². The van der Waals surface area contributed by atoms with Crippen LogP contribution in [0.3, 0.4) is 0 Å². The van der Waals surface area contributed by atoms with Crippen LogP contribution in [-0.2, 0) is 0 Å². The van der Waals surface area contributed by atoms with Gasteiger partial charge in [0.1, 0.15) is 5.82 Å². The maximum Gasteiger partial charge on any atom is 0.254 e. The number of piperidine rings is 1. The molecular weight excluding hydrogens is 306 g/mol. The predicted molar refractivity (Wildman–Crippen MR) is 90.1 cm³/mol. The first-order chi connectivity index (χ1) is 11.5. The first-order valence-corrected chi connectivity index (χ1v) is 8.21. The van der Waals surface area contributed by atoms with E-state index in [1.54, 1.807) is 19.2 Å². The van der Waals surface area contributed by atoms with E-state index in [0.29, 0.717) is 17.3 Å². The highest BCUT2D eigenvalue weighted by Gasteiger charge is 2.35. The molecule has 0 saturated carbocycles. The van der Waals surface area contributed by atoms with Crippen LogP contribution >= 0.6 is 0 Å². The van der Waals surface area contributed by atoms with Crippen molar-refractivity contribution in [2.75, 3.05) is 25.5 Å². The van der Waals surface area contributed by atoms with E-state index in [4.69, 9.17) is 4.42 Å². The Labute approximate surface area is 141 Å². The van der Waals surface area contributed by atoms with Crippen LogP contribution < -0.4 is 4.90 Å². The van der Waals surface area contributed by atoms with Crippen LogP contribution in [0, 0.1) is 6.92 Å². The van der Waals surface area contributed by atoms with E-state index in [2.05, 4.69) is 22.1 Å². The Morgan fingerprint density at radius 2 is 2.17 bits per heavy atom. The molecule has 3 rings (SSSR count). The molecule has 2 aromatic rings. The summed E-state index contributed by atoms with van der Waals surface area (Å²) in [6.07, 6.45) is 3.55. The highest BCUT2D eigenvalue weighted by molar-refractivity contribution is 5.95. The molecule has 1 aliphatic rings. The normalized spacial score (nSPS) is 20.9. The number of aromatic nitrogens is 3. The Balaban J connectivity index is 1.83. The van der Waals surface area contributed by atoms with Gasteiger partial charge in [-0.15, -0.1) is 10.2 Å². The maximum absolute atomic E-state index is 13.0. The van der Waals surface area contributed by atoms with E-state index in [0.717, 1.165) is 25.2 Å². The number of anilines is 1. The summed E-state index contributed by atoms with van der Waals surface area (Å²) < 4.78 is 5.60. The van der Waals surface area contributed by atoms with Crippen LogP contribution in [0.5, 0.6) is 0 Å². The number of carbonyl (C=O) groups is 1. The van der Waals surface area contributed by atoms with Crippen LogP contribution in [0.2, 0.25) is 0 Å². The maximum atomic E-state index is 13.0. The molecule has 0 aromatic carbocycles. The third kappa shape index (κ3) is 3.11. The molecule has 1 fully saturated rings. The van der Waals surface area contributed by atoms with E-state index in [-0.39, 0.29) is 17.9 Å². The Morgan fingerprint density at radius 1 is 1.38 bits per heavy atom. The van der Waals surface area contributed by atoms with Gasteiger partial charge in [-0.1, -0.05) is 0 Å². The lowest BCUT2D eigenvalue weighted by molar-refractivity contribution is 0.0582. The SMILES string of the molecule is Cc1nnc([C@H]2CCCN(C(=O)c3ccnc(N(C)C)c3)[C@H]2C)o1.